The Bertz CT molecular complexity index is 501. The molecule has 0 N–H and O–H groups in total. The third-order valence-corrected chi connectivity index (χ3v) is 3.13. The highest BCUT2D eigenvalue weighted by atomic mass is 16.6. The largest absolute Gasteiger partial charge is 0.372 e. The van der Waals surface area contributed by atoms with Crippen molar-refractivity contribution in [1.29, 1.82) is 0 Å². The van der Waals surface area contributed by atoms with Crippen molar-refractivity contribution < 1.29 is 14.5 Å². The highest BCUT2D eigenvalue weighted by molar-refractivity contribution is 5.95. The summed E-state index contributed by atoms with van der Waals surface area (Å²) < 4.78 is 5.12. The minimum Gasteiger partial charge on any atom is -0.372 e. The topological polar surface area (TPSA) is 72.7 Å². The number of fused-ring (bicyclic) bond motifs is 1. The number of amides is 1. The molecule has 6 nitrogen and oxygen atoms in total. The first-order valence-electron chi connectivity index (χ1n) is 6.29. The van der Waals surface area contributed by atoms with Crippen molar-refractivity contribution in [1.82, 2.24) is 0 Å². The van der Waals surface area contributed by atoms with Gasteiger partial charge in [-0.25, -0.2) is 0 Å². The van der Waals surface area contributed by atoms with Crippen LogP contribution in [-0.4, -0.2) is 30.6 Å². The Morgan fingerprint density at radius 2 is 2.32 bits per heavy atom. The van der Waals surface area contributed by atoms with Gasteiger partial charge in [0, 0.05) is 25.3 Å². The summed E-state index contributed by atoms with van der Waals surface area (Å²) in [6.07, 6.45) is 1.70. The molecule has 0 aliphatic carbocycles. The fourth-order valence-corrected chi connectivity index (χ4v) is 2.20. The second-order valence-corrected chi connectivity index (χ2v) is 4.36. The van der Waals surface area contributed by atoms with Crippen molar-refractivity contribution in [3.05, 3.63) is 33.9 Å². The van der Waals surface area contributed by atoms with E-state index < -0.39 is 4.92 Å². The van der Waals surface area contributed by atoms with Gasteiger partial charge in [0.05, 0.1) is 10.6 Å². The number of nitro benzene ring substituents is 1. The van der Waals surface area contributed by atoms with E-state index in [1.54, 1.807) is 11.0 Å². The molecule has 0 fully saturated rings. The van der Waals surface area contributed by atoms with Crippen LogP contribution in [0.3, 0.4) is 0 Å². The molecule has 0 unspecified atom stereocenters. The van der Waals surface area contributed by atoms with E-state index >= 15 is 0 Å². The summed E-state index contributed by atoms with van der Waals surface area (Å²) >= 11 is 0. The lowest BCUT2D eigenvalue weighted by Crippen LogP contribution is -2.38. The smallest absolute Gasteiger partial charge is 0.271 e. The fourth-order valence-electron chi connectivity index (χ4n) is 2.20. The van der Waals surface area contributed by atoms with Crippen LogP contribution in [0, 0.1) is 10.1 Å². The van der Waals surface area contributed by atoms with Crippen molar-refractivity contribution in [3.8, 4) is 0 Å². The minimum absolute atomic E-state index is 0.00913. The number of benzene rings is 1. The summed E-state index contributed by atoms with van der Waals surface area (Å²) in [4.78, 5) is 24.0. The average Bonchev–Trinajstić information content (AvgIpc) is 2.43. The predicted molar refractivity (Wildman–Crippen MR) is 70.3 cm³/mol. The van der Waals surface area contributed by atoms with Crippen LogP contribution in [0.25, 0.3) is 0 Å². The highest BCUT2D eigenvalue weighted by Gasteiger charge is 2.24. The van der Waals surface area contributed by atoms with Gasteiger partial charge < -0.3 is 9.64 Å². The number of carbonyl (C=O) groups excluding carboxylic acids is 1. The van der Waals surface area contributed by atoms with Gasteiger partial charge in [0.25, 0.3) is 11.6 Å². The molecule has 0 bridgehead atoms. The number of ether oxygens (including phenoxy) is 1. The number of aryl methyl sites for hydroxylation is 1. The molecule has 6 heteroatoms. The van der Waals surface area contributed by atoms with E-state index in [1.165, 1.54) is 12.1 Å². The Morgan fingerprint density at radius 3 is 3.00 bits per heavy atom. The quantitative estimate of drug-likeness (QED) is 0.615. The molecule has 1 aliphatic heterocycles. The SMILES string of the molecule is CCOCC(=O)N1CCCc2ccc([N+](=O)[O-])cc21. The number of hydrogen-bond donors (Lipinski definition) is 0. The Morgan fingerprint density at radius 1 is 1.53 bits per heavy atom. The van der Waals surface area contributed by atoms with Crippen LogP contribution in [0.15, 0.2) is 18.2 Å². The number of nitrogens with zero attached hydrogens (tertiary/aromatic N) is 2. The first-order chi connectivity index (χ1) is 9.13. The van der Waals surface area contributed by atoms with Gasteiger partial charge in [-0.05, 0) is 25.3 Å². The van der Waals surface area contributed by atoms with Gasteiger partial charge in [0.15, 0.2) is 0 Å². The van der Waals surface area contributed by atoms with Crippen LogP contribution in [-0.2, 0) is 16.0 Å². The second kappa shape index (κ2) is 5.79. The monoisotopic (exact) mass is 264 g/mol. The molecule has 0 spiro atoms. The maximum absolute atomic E-state index is 12.0. The number of rotatable bonds is 4. The number of hydrogen-bond acceptors (Lipinski definition) is 4. The van der Waals surface area contributed by atoms with Crippen LogP contribution in [0.4, 0.5) is 11.4 Å². The van der Waals surface area contributed by atoms with E-state index in [1.807, 2.05) is 6.92 Å². The Labute approximate surface area is 111 Å². The summed E-state index contributed by atoms with van der Waals surface area (Å²) in [5.41, 5.74) is 1.63. The van der Waals surface area contributed by atoms with Gasteiger partial charge in [0.1, 0.15) is 6.61 Å². The minimum atomic E-state index is -0.444. The van der Waals surface area contributed by atoms with Crippen molar-refractivity contribution in [2.24, 2.45) is 0 Å². The van der Waals surface area contributed by atoms with Gasteiger partial charge >= 0.3 is 0 Å². The lowest BCUT2D eigenvalue weighted by molar-refractivity contribution is -0.384. The first-order valence-corrected chi connectivity index (χ1v) is 6.29. The zero-order chi connectivity index (χ0) is 13.8. The summed E-state index contributed by atoms with van der Waals surface area (Å²) in [6.45, 7) is 2.89. The van der Waals surface area contributed by atoms with Crippen LogP contribution < -0.4 is 4.90 Å². The molecule has 2 rings (SSSR count). The molecule has 0 saturated carbocycles. The van der Waals surface area contributed by atoms with Crippen LogP contribution in [0.1, 0.15) is 18.9 Å². The second-order valence-electron chi connectivity index (χ2n) is 4.36. The van der Waals surface area contributed by atoms with Crippen molar-refractivity contribution in [2.75, 3.05) is 24.7 Å². The zero-order valence-corrected chi connectivity index (χ0v) is 10.8. The zero-order valence-electron chi connectivity index (χ0n) is 10.8. The van der Waals surface area contributed by atoms with E-state index in [2.05, 4.69) is 0 Å². The van der Waals surface area contributed by atoms with E-state index in [9.17, 15) is 14.9 Å². The third kappa shape index (κ3) is 2.90. The Balaban J connectivity index is 2.28. The standard InChI is InChI=1S/C13H16N2O4/c1-2-19-9-13(16)14-7-3-4-10-5-6-11(15(17)18)8-12(10)14/h5-6,8H,2-4,7,9H2,1H3. The van der Waals surface area contributed by atoms with Gasteiger partial charge in [0.2, 0.25) is 0 Å². The summed E-state index contributed by atoms with van der Waals surface area (Å²) in [5.74, 6) is -0.150. The molecule has 0 saturated heterocycles. The van der Waals surface area contributed by atoms with Crippen LogP contribution in [0.2, 0.25) is 0 Å². The molecule has 1 amide bonds. The summed E-state index contributed by atoms with van der Waals surface area (Å²) in [7, 11) is 0. The molecule has 19 heavy (non-hydrogen) atoms. The molecule has 1 aliphatic rings. The number of non-ortho nitro benzene ring substituents is 1. The van der Waals surface area contributed by atoms with E-state index in [0.717, 1.165) is 18.4 Å². The number of anilines is 1. The third-order valence-electron chi connectivity index (χ3n) is 3.13. The molecule has 1 heterocycles. The Hall–Kier alpha value is -1.95. The molecule has 102 valence electrons. The Kier molecular flexibility index (Phi) is 4.11. The van der Waals surface area contributed by atoms with E-state index in [-0.39, 0.29) is 18.2 Å². The van der Waals surface area contributed by atoms with Gasteiger partial charge in [-0.2, -0.15) is 0 Å². The predicted octanol–water partition coefficient (Wildman–Crippen LogP) is 1.91. The van der Waals surface area contributed by atoms with Crippen LogP contribution >= 0.6 is 0 Å². The van der Waals surface area contributed by atoms with Gasteiger partial charge in [-0.1, -0.05) is 6.07 Å². The van der Waals surface area contributed by atoms with Gasteiger partial charge in [-0.15, -0.1) is 0 Å². The van der Waals surface area contributed by atoms with Crippen molar-refractivity contribution >= 4 is 17.3 Å². The highest BCUT2D eigenvalue weighted by Crippen LogP contribution is 2.30. The number of nitro groups is 1. The van der Waals surface area contributed by atoms with Crippen LogP contribution in [0.5, 0.6) is 0 Å². The molecule has 0 atom stereocenters. The molecule has 1 aromatic carbocycles. The molecular weight excluding hydrogens is 248 g/mol. The van der Waals surface area contributed by atoms with E-state index in [0.29, 0.717) is 18.8 Å². The molecule has 0 radical (unpaired) electrons. The lowest BCUT2D eigenvalue weighted by Gasteiger charge is -2.29. The normalized spacial score (nSPS) is 14.1. The van der Waals surface area contributed by atoms with Crippen molar-refractivity contribution in [2.45, 2.75) is 19.8 Å². The maximum atomic E-state index is 12.0. The number of carbonyl (C=O) groups is 1. The van der Waals surface area contributed by atoms with Gasteiger partial charge in [-0.3, -0.25) is 14.9 Å². The molecule has 0 aromatic heterocycles. The summed E-state index contributed by atoms with van der Waals surface area (Å²) in [6, 6.07) is 4.68. The molecular formula is C13H16N2O4. The molecule has 1 aromatic rings. The average molecular weight is 264 g/mol. The summed E-state index contributed by atoms with van der Waals surface area (Å²) in [5, 5.41) is 10.8. The van der Waals surface area contributed by atoms with E-state index in [4.69, 9.17) is 4.74 Å². The first kappa shape index (κ1) is 13.5. The fraction of sp³-hybridized carbons (Fsp3) is 0.462. The van der Waals surface area contributed by atoms with Crippen molar-refractivity contribution in [3.63, 3.8) is 0 Å². The maximum Gasteiger partial charge on any atom is 0.271 e. The lowest BCUT2D eigenvalue weighted by atomic mass is 10.0.